The molecule has 1 amide bonds. The second-order valence-corrected chi connectivity index (χ2v) is 7.42. The smallest absolute Gasteiger partial charge is 0.241 e. The molecule has 1 atom stereocenters. The maximum atomic E-state index is 12.9. The molecule has 1 heterocycles. The normalized spacial score (nSPS) is 15.9. The molecule has 0 bridgehead atoms. The van der Waals surface area contributed by atoms with Gasteiger partial charge in [0, 0.05) is 49.0 Å². The number of nitrogens with one attached hydrogen (secondary N) is 1. The number of methoxy groups -OCH3 is 1. The van der Waals surface area contributed by atoms with Crippen LogP contribution < -0.4 is 15.0 Å². The molecule has 0 saturated carbocycles. The van der Waals surface area contributed by atoms with Gasteiger partial charge in [-0.1, -0.05) is 42.5 Å². The van der Waals surface area contributed by atoms with E-state index in [0.717, 1.165) is 54.1 Å². The lowest BCUT2D eigenvalue weighted by Crippen LogP contribution is -2.52. The van der Waals surface area contributed by atoms with Crippen molar-refractivity contribution in [3.63, 3.8) is 0 Å². The van der Waals surface area contributed by atoms with E-state index in [9.17, 15) is 4.79 Å². The van der Waals surface area contributed by atoms with Crippen LogP contribution in [0.1, 0.15) is 6.92 Å². The molecule has 1 unspecified atom stereocenters. The third kappa shape index (κ3) is 4.20. The fraction of sp³-hybridized carbons (Fsp3) is 0.292. The molecule has 3 aromatic rings. The summed E-state index contributed by atoms with van der Waals surface area (Å²) in [6.45, 7) is 5.46. The van der Waals surface area contributed by atoms with Gasteiger partial charge in [0.1, 0.15) is 5.75 Å². The predicted molar refractivity (Wildman–Crippen MR) is 119 cm³/mol. The van der Waals surface area contributed by atoms with Gasteiger partial charge < -0.3 is 15.0 Å². The average Bonchev–Trinajstić information content (AvgIpc) is 2.79. The van der Waals surface area contributed by atoms with Gasteiger partial charge in [0.05, 0.1) is 13.2 Å². The molecule has 0 spiro atoms. The molecule has 5 nitrogen and oxygen atoms in total. The Morgan fingerprint density at radius 3 is 2.48 bits per heavy atom. The molecular formula is C24H27N3O2. The van der Waals surface area contributed by atoms with E-state index in [1.54, 1.807) is 7.11 Å². The molecule has 1 aliphatic rings. The third-order valence-electron chi connectivity index (χ3n) is 5.71. The zero-order valence-electron chi connectivity index (χ0n) is 17.0. The first-order valence-corrected chi connectivity index (χ1v) is 10.1. The van der Waals surface area contributed by atoms with Crippen molar-refractivity contribution in [2.45, 2.75) is 13.0 Å². The molecule has 0 aliphatic carbocycles. The highest BCUT2D eigenvalue weighted by atomic mass is 16.5. The first kappa shape index (κ1) is 19.3. The van der Waals surface area contributed by atoms with Gasteiger partial charge >= 0.3 is 0 Å². The highest BCUT2D eigenvalue weighted by Gasteiger charge is 2.26. The summed E-state index contributed by atoms with van der Waals surface area (Å²) in [6, 6.07) is 22.1. The Bertz CT molecular complexity index is 991. The molecule has 0 aromatic heterocycles. The lowest BCUT2D eigenvalue weighted by atomic mass is 10.1. The van der Waals surface area contributed by atoms with Crippen LogP contribution in [0.4, 0.5) is 11.4 Å². The zero-order chi connectivity index (χ0) is 20.2. The van der Waals surface area contributed by atoms with Gasteiger partial charge in [0.25, 0.3) is 0 Å². The predicted octanol–water partition coefficient (Wildman–Crippen LogP) is 4.00. The Labute approximate surface area is 171 Å². The Hall–Kier alpha value is -3.05. The fourth-order valence-electron chi connectivity index (χ4n) is 3.91. The van der Waals surface area contributed by atoms with Crippen molar-refractivity contribution in [3.8, 4) is 5.75 Å². The van der Waals surface area contributed by atoms with Crippen LogP contribution in [0.15, 0.2) is 66.7 Å². The summed E-state index contributed by atoms with van der Waals surface area (Å²) in [5.74, 6) is 0.906. The first-order chi connectivity index (χ1) is 14.2. The molecule has 29 heavy (non-hydrogen) atoms. The summed E-state index contributed by atoms with van der Waals surface area (Å²) < 4.78 is 5.33. The van der Waals surface area contributed by atoms with E-state index in [1.807, 2.05) is 49.4 Å². The summed E-state index contributed by atoms with van der Waals surface area (Å²) in [5, 5.41) is 5.33. The van der Waals surface area contributed by atoms with Crippen LogP contribution in [-0.2, 0) is 4.79 Å². The summed E-state index contributed by atoms with van der Waals surface area (Å²) in [6.07, 6.45) is 0. The second-order valence-electron chi connectivity index (χ2n) is 7.42. The Morgan fingerprint density at radius 1 is 0.966 bits per heavy atom. The number of hydrogen-bond acceptors (Lipinski definition) is 4. The van der Waals surface area contributed by atoms with Gasteiger partial charge in [0.2, 0.25) is 5.91 Å². The molecule has 1 fully saturated rings. The minimum absolute atomic E-state index is 0.0381. The minimum atomic E-state index is -0.179. The van der Waals surface area contributed by atoms with Gasteiger partial charge in [-0.15, -0.1) is 0 Å². The molecule has 5 heteroatoms. The van der Waals surface area contributed by atoms with Crippen LogP contribution in [0.25, 0.3) is 10.8 Å². The van der Waals surface area contributed by atoms with E-state index < -0.39 is 0 Å². The van der Waals surface area contributed by atoms with E-state index in [-0.39, 0.29) is 11.9 Å². The van der Waals surface area contributed by atoms with Gasteiger partial charge in [-0.2, -0.15) is 0 Å². The first-order valence-electron chi connectivity index (χ1n) is 10.1. The van der Waals surface area contributed by atoms with Crippen molar-refractivity contribution in [2.75, 3.05) is 43.5 Å². The second kappa shape index (κ2) is 8.53. The van der Waals surface area contributed by atoms with Gasteiger partial charge in [0.15, 0.2) is 0 Å². The Balaban J connectivity index is 1.39. The maximum absolute atomic E-state index is 12.9. The Morgan fingerprint density at radius 2 is 1.69 bits per heavy atom. The molecule has 1 N–H and O–H groups in total. The minimum Gasteiger partial charge on any atom is -0.497 e. The van der Waals surface area contributed by atoms with Crippen molar-refractivity contribution in [1.82, 2.24) is 4.90 Å². The number of carbonyl (C=O) groups is 1. The molecule has 1 aliphatic heterocycles. The van der Waals surface area contributed by atoms with Gasteiger partial charge in [-0.05, 0) is 30.5 Å². The number of benzene rings is 3. The van der Waals surface area contributed by atoms with E-state index >= 15 is 0 Å². The maximum Gasteiger partial charge on any atom is 0.241 e. The SMILES string of the molecule is COc1cccc(N2CCN(C(C)C(=O)Nc3cccc4ccccc34)CC2)c1. The van der Waals surface area contributed by atoms with Crippen molar-refractivity contribution < 1.29 is 9.53 Å². The van der Waals surface area contributed by atoms with Gasteiger partial charge in [-0.3, -0.25) is 9.69 Å². The van der Waals surface area contributed by atoms with Crippen LogP contribution in [0.5, 0.6) is 5.75 Å². The van der Waals surface area contributed by atoms with Crippen molar-refractivity contribution in [3.05, 3.63) is 66.7 Å². The highest BCUT2D eigenvalue weighted by Crippen LogP contribution is 2.25. The van der Waals surface area contributed by atoms with Crippen molar-refractivity contribution in [1.29, 1.82) is 0 Å². The van der Waals surface area contributed by atoms with Gasteiger partial charge in [-0.25, -0.2) is 0 Å². The molecule has 0 radical (unpaired) electrons. The largest absolute Gasteiger partial charge is 0.497 e. The monoisotopic (exact) mass is 389 g/mol. The summed E-state index contributed by atoms with van der Waals surface area (Å²) in [7, 11) is 1.69. The zero-order valence-corrected chi connectivity index (χ0v) is 17.0. The van der Waals surface area contributed by atoms with Crippen molar-refractivity contribution in [2.24, 2.45) is 0 Å². The Kier molecular flexibility index (Phi) is 5.67. The van der Waals surface area contributed by atoms with E-state index in [1.165, 1.54) is 0 Å². The highest BCUT2D eigenvalue weighted by molar-refractivity contribution is 6.03. The lowest BCUT2D eigenvalue weighted by molar-refractivity contribution is -0.120. The number of rotatable bonds is 5. The number of carbonyl (C=O) groups excluding carboxylic acids is 1. The third-order valence-corrected chi connectivity index (χ3v) is 5.71. The van der Waals surface area contributed by atoms with Crippen LogP contribution >= 0.6 is 0 Å². The summed E-state index contributed by atoms with van der Waals surface area (Å²) in [5.41, 5.74) is 2.03. The number of piperazine rings is 1. The van der Waals surface area contributed by atoms with Crippen molar-refractivity contribution >= 4 is 28.1 Å². The molecule has 4 rings (SSSR count). The number of anilines is 2. The van der Waals surface area contributed by atoms with E-state index in [2.05, 4.69) is 39.4 Å². The van der Waals surface area contributed by atoms with Crippen LogP contribution in [0, 0.1) is 0 Å². The molecular weight excluding hydrogens is 362 g/mol. The summed E-state index contributed by atoms with van der Waals surface area (Å²) in [4.78, 5) is 17.5. The number of amides is 1. The number of nitrogens with zero attached hydrogens (tertiary/aromatic N) is 2. The van der Waals surface area contributed by atoms with Crippen LogP contribution in [0.2, 0.25) is 0 Å². The average molecular weight is 389 g/mol. The lowest BCUT2D eigenvalue weighted by Gasteiger charge is -2.38. The number of ether oxygens (including phenoxy) is 1. The number of fused-ring (bicyclic) bond motifs is 1. The molecule has 1 saturated heterocycles. The fourth-order valence-corrected chi connectivity index (χ4v) is 3.91. The van der Waals surface area contributed by atoms with Crippen LogP contribution in [-0.4, -0.2) is 50.1 Å². The standard InChI is InChI=1S/C24H27N3O2/c1-18(24(28)25-23-12-5-8-19-7-3-4-11-22(19)23)26-13-15-27(16-14-26)20-9-6-10-21(17-20)29-2/h3-12,17-18H,13-16H2,1-2H3,(H,25,28). The molecule has 150 valence electrons. The molecule has 3 aromatic carbocycles. The van der Waals surface area contributed by atoms with Crippen LogP contribution in [0.3, 0.4) is 0 Å². The summed E-state index contributed by atoms with van der Waals surface area (Å²) >= 11 is 0. The quantitative estimate of drug-likeness (QED) is 0.716. The topological polar surface area (TPSA) is 44.8 Å². The van der Waals surface area contributed by atoms with E-state index in [4.69, 9.17) is 4.74 Å². The number of hydrogen-bond donors (Lipinski definition) is 1. The van der Waals surface area contributed by atoms with E-state index in [0.29, 0.717) is 0 Å².